The molecule has 0 aliphatic carbocycles. The molecular weight excluding hydrogens is 280 g/mol. The van der Waals surface area contributed by atoms with Crippen LogP contribution in [0.15, 0.2) is 30.5 Å². The molecule has 0 amide bonds. The Labute approximate surface area is 118 Å². The molecule has 0 saturated carbocycles. The minimum Gasteiger partial charge on any atom is -0.477 e. The number of anilines is 1. The zero-order chi connectivity index (χ0) is 15.4. The van der Waals surface area contributed by atoms with Crippen molar-refractivity contribution in [2.45, 2.75) is 6.54 Å². The average molecular weight is 289 g/mol. The lowest BCUT2D eigenvalue weighted by Crippen LogP contribution is -2.06. The first-order valence-corrected chi connectivity index (χ1v) is 5.82. The van der Waals surface area contributed by atoms with Gasteiger partial charge in [0.15, 0.2) is 11.6 Å². The number of aromatic nitrogens is 1. The molecule has 2 rings (SSSR count). The number of aromatic carboxylic acids is 1. The van der Waals surface area contributed by atoms with Gasteiger partial charge in [-0.2, -0.15) is 5.26 Å². The van der Waals surface area contributed by atoms with Crippen LogP contribution >= 0.6 is 0 Å². The van der Waals surface area contributed by atoms with E-state index in [1.54, 1.807) is 6.07 Å². The Morgan fingerprint density at radius 3 is 2.48 bits per heavy atom. The third-order valence-electron chi connectivity index (χ3n) is 2.68. The summed E-state index contributed by atoms with van der Waals surface area (Å²) in [6, 6.07) is 6.29. The van der Waals surface area contributed by atoms with Crippen LogP contribution in [0.5, 0.6) is 0 Å². The summed E-state index contributed by atoms with van der Waals surface area (Å²) >= 11 is 0. The van der Waals surface area contributed by atoms with Crippen molar-refractivity contribution in [1.82, 2.24) is 4.98 Å². The van der Waals surface area contributed by atoms with E-state index in [9.17, 15) is 13.6 Å². The second kappa shape index (κ2) is 5.96. The van der Waals surface area contributed by atoms with Crippen molar-refractivity contribution in [3.63, 3.8) is 0 Å². The second-order valence-corrected chi connectivity index (χ2v) is 4.14. The van der Waals surface area contributed by atoms with E-state index in [4.69, 9.17) is 10.4 Å². The maximum Gasteiger partial charge on any atom is 0.354 e. The minimum atomic E-state index is -1.15. The molecule has 0 spiro atoms. The van der Waals surface area contributed by atoms with Gasteiger partial charge in [-0.05, 0) is 23.8 Å². The molecule has 7 heteroatoms. The van der Waals surface area contributed by atoms with Gasteiger partial charge in [0, 0.05) is 12.7 Å². The van der Waals surface area contributed by atoms with E-state index in [0.717, 1.165) is 12.1 Å². The molecule has 21 heavy (non-hydrogen) atoms. The van der Waals surface area contributed by atoms with Gasteiger partial charge >= 0.3 is 5.97 Å². The molecule has 0 unspecified atom stereocenters. The fourth-order valence-corrected chi connectivity index (χ4v) is 1.65. The van der Waals surface area contributed by atoms with Crippen molar-refractivity contribution in [2.24, 2.45) is 0 Å². The molecule has 2 aromatic rings. The van der Waals surface area contributed by atoms with Crippen molar-refractivity contribution in [3.8, 4) is 6.07 Å². The number of nitrogens with one attached hydrogen (secondary N) is 1. The van der Waals surface area contributed by atoms with E-state index in [-0.39, 0.29) is 23.5 Å². The Balaban J connectivity index is 2.13. The summed E-state index contributed by atoms with van der Waals surface area (Å²) in [6.45, 7) is 0.0621. The van der Waals surface area contributed by atoms with Crippen LogP contribution in [0.25, 0.3) is 0 Å². The van der Waals surface area contributed by atoms with Gasteiger partial charge in [-0.1, -0.05) is 6.07 Å². The van der Waals surface area contributed by atoms with Crippen LogP contribution in [0, 0.1) is 23.0 Å². The minimum absolute atomic E-state index is 0.0621. The highest BCUT2D eigenvalue weighted by Crippen LogP contribution is 2.21. The van der Waals surface area contributed by atoms with E-state index in [1.165, 1.54) is 18.3 Å². The fraction of sp³-hybridized carbons (Fsp3) is 0.0714. The number of halogens is 2. The molecule has 5 nitrogen and oxygen atoms in total. The number of nitrogens with zero attached hydrogens (tertiary/aromatic N) is 2. The Morgan fingerprint density at radius 1 is 1.33 bits per heavy atom. The number of nitriles is 1. The van der Waals surface area contributed by atoms with Gasteiger partial charge in [0.25, 0.3) is 0 Å². The standard InChI is InChI=1S/C14H9F2N3O2/c15-10-3-9(5-17)4-11(16)13(10)19-7-8-1-2-12(14(20)21)18-6-8/h1-4,6,19H,7H2,(H,20,21). The maximum absolute atomic E-state index is 13.6. The zero-order valence-corrected chi connectivity index (χ0v) is 10.6. The van der Waals surface area contributed by atoms with Crippen molar-refractivity contribution in [2.75, 3.05) is 5.32 Å². The van der Waals surface area contributed by atoms with Crippen LogP contribution in [0.1, 0.15) is 21.6 Å². The summed E-state index contributed by atoms with van der Waals surface area (Å²) in [5.74, 6) is -2.90. The summed E-state index contributed by atoms with van der Waals surface area (Å²) in [5, 5.41) is 19.8. The first-order valence-electron chi connectivity index (χ1n) is 5.82. The lowest BCUT2D eigenvalue weighted by Gasteiger charge is -2.09. The molecule has 1 aromatic heterocycles. The highest BCUT2D eigenvalue weighted by molar-refractivity contribution is 5.85. The molecule has 0 saturated heterocycles. The number of hydrogen-bond donors (Lipinski definition) is 2. The van der Waals surface area contributed by atoms with Gasteiger partial charge in [-0.3, -0.25) is 0 Å². The van der Waals surface area contributed by atoms with E-state index >= 15 is 0 Å². The number of benzene rings is 1. The third kappa shape index (κ3) is 3.30. The molecule has 1 heterocycles. The van der Waals surface area contributed by atoms with Crippen LogP contribution in [0.4, 0.5) is 14.5 Å². The summed E-state index contributed by atoms with van der Waals surface area (Å²) in [6.07, 6.45) is 1.30. The second-order valence-electron chi connectivity index (χ2n) is 4.14. The third-order valence-corrected chi connectivity index (χ3v) is 2.68. The molecule has 0 fully saturated rings. The summed E-state index contributed by atoms with van der Waals surface area (Å²) < 4.78 is 27.2. The molecule has 0 bridgehead atoms. The molecule has 1 aromatic carbocycles. The maximum atomic E-state index is 13.6. The lowest BCUT2D eigenvalue weighted by atomic mass is 10.2. The number of hydrogen-bond acceptors (Lipinski definition) is 4. The first-order chi connectivity index (χ1) is 10.0. The number of carbonyl (C=O) groups is 1. The van der Waals surface area contributed by atoms with Crippen LogP contribution in [0.2, 0.25) is 0 Å². The fourth-order valence-electron chi connectivity index (χ4n) is 1.65. The van der Waals surface area contributed by atoms with Gasteiger partial charge in [0.2, 0.25) is 0 Å². The number of pyridine rings is 1. The first kappa shape index (κ1) is 14.4. The van der Waals surface area contributed by atoms with Gasteiger partial charge in [0.05, 0.1) is 11.6 Å². The van der Waals surface area contributed by atoms with Gasteiger partial charge in [0.1, 0.15) is 11.4 Å². The molecule has 0 atom stereocenters. The summed E-state index contributed by atoms with van der Waals surface area (Å²) in [5.41, 5.74) is -0.0167. The number of carboxylic acid groups (broad SMARTS) is 1. The number of carboxylic acids is 1. The highest BCUT2D eigenvalue weighted by Gasteiger charge is 2.11. The lowest BCUT2D eigenvalue weighted by molar-refractivity contribution is 0.0690. The number of rotatable bonds is 4. The van der Waals surface area contributed by atoms with Gasteiger partial charge in [-0.15, -0.1) is 0 Å². The van der Waals surface area contributed by atoms with Crippen LogP contribution in [-0.4, -0.2) is 16.1 Å². The van der Waals surface area contributed by atoms with Crippen LogP contribution in [-0.2, 0) is 6.54 Å². The molecular formula is C14H9F2N3O2. The monoisotopic (exact) mass is 289 g/mol. The Morgan fingerprint density at radius 2 is 2.00 bits per heavy atom. The van der Waals surface area contributed by atoms with Gasteiger partial charge in [-0.25, -0.2) is 18.6 Å². The van der Waals surface area contributed by atoms with E-state index < -0.39 is 17.6 Å². The predicted octanol–water partition coefficient (Wildman–Crippen LogP) is 2.54. The van der Waals surface area contributed by atoms with Crippen molar-refractivity contribution in [1.29, 1.82) is 5.26 Å². The SMILES string of the molecule is N#Cc1cc(F)c(NCc2ccc(C(=O)O)nc2)c(F)c1. The topological polar surface area (TPSA) is 86.0 Å². The van der Waals surface area contributed by atoms with Crippen LogP contribution in [0.3, 0.4) is 0 Å². The van der Waals surface area contributed by atoms with E-state index in [0.29, 0.717) is 5.56 Å². The summed E-state index contributed by atoms with van der Waals surface area (Å²) in [4.78, 5) is 14.3. The molecule has 0 radical (unpaired) electrons. The summed E-state index contributed by atoms with van der Waals surface area (Å²) in [7, 11) is 0. The quantitative estimate of drug-likeness (QED) is 0.903. The highest BCUT2D eigenvalue weighted by atomic mass is 19.1. The Bertz CT molecular complexity index is 701. The largest absolute Gasteiger partial charge is 0.477 e. The van der Waals surface area contributed by atoms with E-state index in [2.05, 4.69) is 10.3 Å². The molecule has 106 valence electrons. The smallest absolute Gasteiger partial charge is 0.354 e. The van der Waals surface area contributed by atoms with Crippen molar-refractivity contribution in [3.05, 3.63) is 58.9 Å². The molecule has 2 N–H and O–H groups in total. The molecule has 0 aliphatic heterocycles. The zero-order valence-electron chi connectivity index (χ0n) is 10.6. The van der Waals surface area contributed by atoms with E-state index in [1.807, 2.05) is 0 Å². The van der Waals surface area contributed by atoms with Crippen molar-refractivity contribution < 1.29 is 18.7 Å². The average Bonchev–Trinajstić information content (AvgIpc) is 2.46. The Kier molecular flexibility index (Phi) is 4.09. The Hall–Kier alpha value is -3.01. The van der Waals surface area contributed by atoms with Gasteiger partial charge < -0.3 is 10.4 Å². The normalized spacial score (nSPS) is 9.95. The van der Waals surface area contributed by atoms with Crippen molar-refractivity contribution >= 4 is 11.7 Å². The predicted molar refractivity (Wildman–Crippen MR) is 69.6 cm³/mol. The van der Waals surface area contributed by atoms with Crippen LogP contribution < -0.4 is 5.32 Å². The molecule has 0 aliphatic rings.